The Labute approximate surface area is 111 Å². The Balaban J connectivity index is 2.70. The molecule has 2 rings (SSSR count). The van der Waals surface area contributed by atoms with Crippen molar-refractivity contribution in [1.29, 1.82) is 0 Å². The predicted molar refractivity (Wildman–Crippen MR) is 79.1 cm³/mol. The van der Waals surface area contributed by atoms with Crippen LogP contribution in [0.5, 0.6) is 0 Å². The summed E-state index contributed by atoms with van der Waals surface area (Å²) in [4.78, 5) is 0. The van der Waals surface area contributed by atoms with E-state index in [9.17, 15) is 0 Å². The molecule has 0 saturated carbocycles. The lowest BCUT2D eigenvalue weighted by atomic mass is 9.73. The van der Waals surface area contributed by atoms with Crippen LogP contribution in [0.3, 0.4) is 0 Å². The van der Waals surface area contributed by atoms with E-state index in [1.807, 2.05) is 0 Å². The quantitative estimate of drug-likeness (QED) is 0.702. The van der Waals surface area contributed by atoms with Gasteiger partial charge in [0.2, 0.25) is 0 Å². The first kappa shape index (κ1) is 13.2. The van der Waals surface area contributed by atoms with Crippen LogP contribution in [0.25, 0.3) is 5.57 Å². The van der Waals surface area contributed by atoms with Crippen LogP contribution < -0.4 is 5.32 Å². The van der Waals surface area contributed by atoms with Gasteiger partial charge in [-0.3, -0.25) is 0 Å². The Morgan fingerprint density at radius 3 is 2.06 bits per heavy atom. The fourth-order valence-electron chi connectivity index (χ4n) is 2.74. The highest BCUT2D eigenvalue weighted by atomic mass is 14.9. The lowest BCUT2D eigenvalue weighted by Gasteiger charge is -2.38. The fourth-order valence-corrected chi connectivity index (χ4v) is 2.74. The maximum Gasteiger partial charge on any atom is 0.0404 e. The average molecular weight is 243 g/mol. The molecule has 0 aromatic heterocycles. The monoisotopic (exact) mass is 243 g/mol. The van der Waals surface area contributed by atoms with Gasteiger partial charge in [-0.1, -0.05) is 65.8 Å². The van der Waals surface area contributed by atoms with Crippen LogP contribution in [-0.2, 0) is 6.54 Å². The molecule has 1 heterocycles. The van der Waals surface area contributed by atoms with E-state index in [0.717, 1.165) is 6.54 Å². The van der Waals surface area contributed by atoms with E-state index >= 15 is 0 Å². The van der Waals surface area contributed by atoms with Crippen LogP contribution >= 0.6 is 0 Å². The predicted octanol–water partition coefficient (Wildman–Crippen LogP) is 4.59. The summed E-state index contributed by atoms with van der Waals surface area (Å²) in [5.74, 6) is 0. The number of fused-ring (bicyclic) bond motifs is 1. The standard InChI is InChI=1S/C17H25N/c1-16(2,3)14-13-10-8-7-9-12(13)11-18-15(14)17(4,5)6/h7-10,18H,11H2,1-6H3. The van der Waals surface area contributed by atoms with Gasteiger partial charge in [0.05, 0.1) is 0 Å². The van der Waals surface area contributed by atoms with E-state index in [4.69, 9.17) is 0 Å². The number of allylic oxidation sites excluding steroid dienone is 2. The van der Waals surface area contributed by atoms with E-state index in [0.29, 0.717) is 0 Å². The topological polar surface area (TPSA) is 12.0 Å². The highest BCUT2D eigenvalue weighted by molar-refractivity contribution is 5.76. The molecular formula is C17H25N. The van der Waals surface area contributed by atoms with Gasteiger partial charge in [-0.15, -0.1) is 0 Å². The maximum atomic E-state index is 3.65. The Morgan fingerprint density at radius 1 is 0.889 bits per heavy atom. The van der Waals surface area contributed by atoms with E-state index < -0.39 is 0 Å². The number of benzene rings is 1. The summed E-state index contributed by atoms with van der Waals surface area (Å²) in [6.45, 7) is 14.7. The lowest BCUT2D eigenvalue weighted by molar-refractivity contribution is 0.438. The summed E-state index contributed by atoms with van der Waals surface area (Å²) in [5, 5.41) is 3.65. The van der Waals surface area contributed by atoms with Gasteiger partial charge in [0.1, 0.15) is 0 Å². The second-order valence-electron chi connectivity index (χ2n) is 7.26. The first-order valence-corrected chi connectivity index (χ1v) is 6.78. The minimum absolute atomic E-state index is 0.159. The Bertz CT molecular complexity index is 481. The largest absolute Gasteiger partial charge is 0.384 e. The van der Waals surface area contributed by atoms with E-state index in [-0.39, 0.29) is 10.8 Å². The summed E-state index contributed by atoms with van der Waals surface area (Å²) < 4.78 is 0. The number of hydrogen-bond acceptors (Lipinski definition) is 1. The summed E-state index contributed by atoms with van der Waals surface area (Å²) in [7, 11) is 0. The van der Waals surface area contributed by atoms with Gasteiger partial charge in [0.15, 0.2) is 0 Å². The molecule has 1 aliphatic heterocycles. The van der Waals surface area contributed by atoms with Crippen molar-refractivity contribution >= 4 is 5.57 Å². The average Bonchev–Trinajstić information content (AvgIpc) is 2.24. The Kier molecular flexibility index (Phi) is 3.04. The third-order valence-corrected chi connectivity index (χ3v) is 3.49. The molecule has 0 unspecified atom stereocenters. The Morgan fingerprint density at radius 2 is 1.50 bits per heavy atom. The number of rotatable bonds is 0. The molecule has 0 radical (unpaired) electrons. The molecule has 1 aliphatic rings. The molecule has 0 bridgehead atoms. The summed E-state index contributed by atoms with van der Waals surface area (Å²) in [6, 6.07) is 8.77. The van der Waals surface area contributed by atoms with Crippen LogP contribution in [0.15, 0.2) is 30.0 Å². The van der Waals surface area contributed by atoms with E-state index in [1.54, 1.807) is 0 Å². The first-order valence-electron chi connectivity index (χ1n) is 6.78. The molecule has 0 atom stereocenters. The first-order chi connectivity index (χ1) is 8.21. The number of nitrogens with one attached hydrogen (secondary N) is 1. The van der Waals surface area contributed by atoms with Crippen LogP contribution in [-0.4, -0.2) is 0 Å². The minimum Gasteiger partial charge on any atom is -0.384 e. The molecular weight excluding hydrogens is 218 g/mol. The Hall–Kier alpha value is -1.24. The molecule has 1 nitrogen and oxygen atoms in total. The molecule has 0 saturated heterocycles. The zero-order valence-corrected chi connectivity index (χ0v) is 12.5. The van der Waals surface area contributed by atoms with Gasteiger partial charge in [-0.25, -0.2) is 0 Å². The normalized spacial score (nSPS) is 16.3. The van der Waals surface area contributed by atoms with Crippen molar-refractivity contribution in [3.05, 3.63) is 41.1 Å². The molecule has 1 aromatic carbocycles. The third-order valence-electron chi connectivity index (χ3n) is 3.49. The zero-order valence-electron chi connectivity index (χ0n) is 12.5. The summed E-state index contributed by atoms with van der Waals surface area (Å²) in [5.41, 5.74) is 6.03. The van der Waals surface area contributed by atoms with Gasteiger partial charge in [-0.2, -0.15) is 0 Å². The van der Waals surface area contributed by atoms with Crippen LogP contribution in [0.1, 0.15) is 52.7 Å². The van der Waals surface area contributed by atoms with Crippen molar-refractivity contribution < 1.29 is 0 Å². The molecule has 98 valence electrons. The molecule has 1 aromatic rings. The smallest absolute Gasteiger partial charge is 0.0404 e. The van der Waals surface area contributed by atoms with Crippen molar-refractivity contribution in [2.24, 2.45) is 10.8 Å². The molecule has 0 spiro atoms. The zero-order chi connectivity index (χ0) is 13.6. The molecule has 0 aliphatic carbocycles. The van der Waals surface area contributed by atoms with Gasteiger partial charge < -0.3 is 5.32 Å². The van der Waals surface area contributed by atoms with Crippen LogP contribution in [0.4, 0.5) is 0 Å². The van der Waals surface area contributed by atoms with Crippen molar-refractivity contribution in [2.75, 3.05) is 0 Å². The second kappa shape index (κ2) is 4.15. The van der Waals surface area contributed by atoms with Crippen molar-refractivity contribution in [2.45, 2.75) is 48.1 Å². The highest BCUT2D eigenvalue weighted by Gasteiger charge is 2.32. The summed E-state index contributed by atoms with van der Waals surface area (Å²) >= 11 is 0. The van der Waals surface area contributed by atoms with Gasteiger partial charge in [0, 0.05) is 17.7 Å². The van der Waals surface area contributed by atoms with Gasteiger partial charge in [-0.05, 0) is 22.1 Å². The summed E-state index contributed by atoms with van der Waals surface area (Å²) in [6.07, 6.45) is 0. The van der Waals surface area contributed by atoms with Gasteiger partial charge >= 0.3 is 0 Å². The minimum atomic E-state index is 0.159. The lowest BCUT2D eigenvalue weighted by Crippen LogP contribution is -2.32. The van der Waals surface area contributed by atoms with Crippen molar-refractivity contribution in [3.63, 3.8) is 0 Å². The highest BCUT2D eigenvalue weighted by Crippen LogP contribution is 2.44. The van der Waals surface area contributed by atoms with E-state index in [1.165, 1.54) is 22.4 Å². The fraction of sp³-hybridized carbons (Fsp3) is 0.529. The molecule has 18 heavy (non-hydrogen) atoms. The SMILES string of the molecule is CC(C)(C)C1=C(C(C)(C)C)c2ccccc2CN1. The third kappa shape index (κ3) is 2.31. The molecule has 0 fully saturated rings. The maximum absolute atomic E-state index is 3.65. The molecule has 1 heteroatoms. The van der Waals surface area contributed by atoms with Crippen LogP contribution in [0.2, 0.25) is 0 Å². The molecule has 1 N–H and O–H groups in total. The van der Waals surface area contributed by atoms with Gasteiger partial charge in [0.25, 0.3) is 0 Å². The van der Waals surface area contributed by atoms with Crippen LogP contribution in [0, 0.1) is 10.8 Å². The molecule has 0 amide bonds. The van der Waals surface area contributed by atoms with E-state index in [2.05, 4.69) is 71.1 Å². The number of hydrogen-bond donors (Lipinski definition) is 1. The van der Waals surface area contributed by atoms with Crippen molar-refractivity contribution in [1.82, 2.24) is 5.32 Å². The van der Waals surface area contributed by atoms with Crippen molar-refractivity contribution in [3.8, 4) is 0 Å². The second-order valence-corrected chi connectivity index (χ2v) is 7.26.